The molecule has 1 aromatic carbocycles. The molecule has 1 saturated heterocycles. The number of ether oxygens (including phenoxy) is 1. The second-order valence-electron chi connectivity index (χ2n) is 7.40. The molecule has 2 aromatic rings. The second-order valence-corrected chi connectivity index (χ2v) is 7.40. The number of amides is 1. The first-order valence-corrected chi connectivity index (χ1v) is 8.64. The average Bonchev–Trinajstić information content (AvgIpc) is 2.54. The molecule has 0 radical (unpaired) electrons. The summed E-state index contributed by atoms with van der Waals surface area (Å²) in [5.41, 5.74) is 6.96. The number of anilines is 1. The standard InChI is InChI=1S/C20H22N4O3/c1-20(2,3)27-19(26)24-11-13(12-24)8-9-14-10-16(22-23-18(14)21)15-6-4-5-7-17(15)25/h4-7,10,13,25H,11-12H2,1-3H3,(H2,21,23). The highest BCUT2D eigenvalue weighted by Gasteiger charge is 2.32. The van der Waals surface area contributed by atoms with Crippen LogP contribution >= 0.6 is 0 Å². The summed E-state index contributed by atoms with van der Waals surface area (Å²) in [6.07, 6.45) is -0.326. The summed E-state index contributed by atoms with van der Waals surface area (Å²) >= 11 is 0. The van der Waals surface area contributed by atoms with Crippen LogP contribution in [-0.4, -0.2) is 45.0 Å². The highest BCUT2D eigenvalue weighted by atomic mass is 16.6. The predicted molar refractivity (Wildman–Crippen MR) is 102 cm³/mol. The number of phenols is 1. The van der Waals surface area contributed by atoms with Crippen molar-refractivity contribution in [2.45, 2.75) is 26.4 Å². The van der Waals surface area contributed by atoms with Crippen LogP contribution in [0.15, 0.2) is 30.3 Å². The van der Waals surface area contributed by atoms with Gasteiger partial charge in [0, 0.05) is 18.7 Å². The Morgan fingerprint density at radius 3 is 2.67 bits per heavy atom. The summed E-state index contributed by atoms with van der Waals surface area (Å²) in [5, 5.41) is 17.9. The molecule has 7 heteroatoms. The van der Waals surface area contributed by atoms with Crippen LogP contribution in [-0.2, 0) is 4.74 Å². The fraction of sp³-hybridized carbons (Fsp3) is 0.350. The maximum Gasteiger partial charge on any atom is 0.410 e. The molecule has 0 unspecified atom stereocenters. The molecule has 1 fully saturated rings. The number of rotatable bonds is 1. The van der Waals surface area contributed by atoms with E-state index in [1.807, 2.05) is 20.8 Å². The topological polar surface area (TPSA) is 102 Å². The van der Waals surface area contributed by atoms with Gasteiger partial charge in [-0.3, -0.25) is 0 Å². The summed E-state index contributed by atoms with van der Waals surface area (Å²) in [7, 11) is 0. The zero-order chi connectivity index (χ0) is 19.6. The molecular weight excluding hydrogens is 344 g/mol. The summed E-state index contributed by atoms with van der Waals surface area (Å²) < 4.78 is 5.32. The molecule has 1 amide bonds. The Morgan fingerprint density at radius 2 is 2.00 bits per heavy atom. The van der Waals surface area contributed by atoms with E-state index in [1.165, 1.54) is 0 Å². The van der Waals surface area contributed by atoms with Gasteiger partial charge in [-0.05, 0) is 39.0 Å². The first-order chi connectivity index (χ1) is 12.7. The first kappa shape index (κ1) is 18.5. The number of phenolic OH excluding ortho intramolecular Hbond substituents is 1. The first-order valence-electron chi connectivity index (χ1n) is 8.64. The van der Waals surface area contributed by atoms with Gasteiger partial charge in [-0.1, -0.05) is 24.0 Å². The Kier molecular flexibility index (Phi) is 4.91. The van der Waals surface area contributed by atoms with E-state index >= 15 is 0 Å². The smallest absolute Gasteiger partial charge is 0.410 e. The van der Waals surface area contributed by atoms with E-state index in [4.69, 9.17) is 10.5 Å². The third kappa shape index (κ3) is 4.47. The highest BCUT2D eigenvalue weighted by molar-refractivity contribution is 5.70. The predicted octanol–water partition coefficient (Wildman–Crippen LogP) is 2.65. The number of likely N-dealkylation sites (tertiary alicyclic amines) is 1. The van der Waals surface area contributed by atoms with Gasteiger partial charge in [-0.2, -0.15) is 0 Å². The molecular formula is C20H22N4O3. The van der Waals surface area contributed by atoms with Gasteiger partial charge in [0.05, 0.1) is 17.2 Å². The molecule has 1 aliphatic heterocycles. The lowest BCUT2D eigenvalue weighted by molar-refractivity contribution is 0.00592. The number of nitrogens with two attached hydrogens (primary N) is 1. The number of carbonyl (C=O) groups is 1. The Labute approximate surface area is 158 Å². The van der Waals surface area contributed by atoms with Crippen LogP contribution in [0.3, 0.4) is 0 Å². The molecule has 0 atom stereocenters. The fourth-order valence-electron chi connectivity index (χ4n) is 2.55. The van der Waals surface area contributed by atoms with Crippen LogP contribution in [0.2, 0.25) is 0 Å². The van der Waals surface area contributed by atoms with Crippen LogP contribution in [0.5, 0.6) is 5.75 Å². The minimum absolute atomic E-state index is 0.0543. The Morgan fingerprint density at radius 1 is 1.30 bits per heavy atom. The number of aromatic nitrogens is 2. The number of benzene rings is 1. The van der Waals surface area contributed by atoms with Gasteiger partial charge in [0.15, 0.2) is 5.82 Å². The number of hydrogen-bond acceptors (Lipinski definition) is 6. The van der Waals surface area contributed by atoms with E-state index in [1.54, 1.807) is 35.2 Å². The molecule has 0 aliphatic carbocycles. The van der Waals surface area contributed by atoms with E-state index in [9.17, 15) is 9.90 Å². The van der Waals surface area contributed by atoms with Crippen molar-refractivity contribution in [3.05, 3.63) is 35.9 Å². The highest BCUT2D eigenvalue weighted by Crippen LogP contribution is 2.28. The quantitative estimate of drug-likeness (QED) is 0.753. The molecule has 0 spiro atoms. The molecule has 0 saturated carbocycles. The van der Waals surface area contributed by atoms with E-state index in [-0.39, 0.29) is 23.6 Å². The van der Waals surface area contributed by atoms with Crippen LogP contribution in [0.4, 0.5) is 10.6 Å². The monoisotopic (exact) mass is 366 g/mol. The number of nitrogens with zero attached hydrogens (tertiary/aromatic N) is 3. The molecule has 140 valence electrons. The molecule has 1 aromatic heterocycles. The third-order valence-corrected chi connectivity index (χ3v) is 3.95. The van der Waals surface area contributed by atoms with E-state index in [0.717, 1.165) is 0 Å². The van der Waals surface area contributed by atoms with Crippen molar-refractivity contribution in [2.24, 2.45) is 5.92 Å². The number of aromatic hydroxyl groups is 1. The van der Waals surface area contributed by atoms with Crippen molar-refractivity contribution < 1.29 is 14.6 Å². The lowest BCUT2D eigenvalue weighted by atomic mass is 10.0. The number of hydrogen-bond donors (Lipinski definition) is 2. The maximum absolute atomic E-state index is 11.9. The van der Waals surface area contributed by atoms with Crippen LogP contribution in [0.25, 0.3) is 11.3 Å². The minimum Gasteiger partial charge on any atom is -0.507 e. The van der Waals surface area contributed by atoms with Gasteiger partial charge in [0.1, 0.15) is 11.4 Å². The fourth-order valence-corrected chi connectivity index (χ4v) is 2.55. The Hall–Kier alpha value is -3.27. The summed E-state index contributed by atoms with van der Waals surface area (Å²) in [4.78, 5) is 13.6. The van der Waals surface area contributed by atoms with Gasteiger partial charge < -0.3 is 20.5 Å². The maximum atomic E-state index is 11.9. The van der Waals surface area contributed by atoms with Gasteiger partial charge >= 0.3 is 6.09 Å². The van der Waals surface area contributed by atoms with Crippen molar-refractivity contribution in [1.29, 1.82) is 0 Å². The van der Waals surface area contributed by atoms with Crippen molar-refractivity contribution in [3.63, 3.8) is 0 Å². The molecule has 7 nitrogen and oxygen atoms in total. The Bertz CT molecular complexity index is 919. The van der Waals surface area contributed by atoms with Gasteiger partial charge in [-0.25, -0.2) is 4.79 Å². The molecule has 1 aliphatic rings. The lowest BCUT2D eigenvalue weighted by Crippen LogP contribution is -2.51. The van der Waals surface area contributed by atoms with E-state index < -0.39 is 5.60 Å². The number of nitrogen functional groups attached to an aromatic ring is 1. The molecule has 2 heterocycles. The lowest BCUT2D eigenvalue weighted by Gasteiger charge is -2.37. The van der Waals surface area contributed by atoms with Crippen molar-refractivity contribution in [2.75, 3.05) is 18.8 Å². The van der Waals surface area contributed by atoms with Crippen LogP contribution in [0.1, 0.15) is 26.3 Å². The SMILES string of the molecule is CC(C)(C)OC(=O)N1CC(C#Cc2cc(-c3ccccc3O)nnc2N)C1. The van der Waals surface area contributed by atoms with Crippen molar-refractivity contribution in [3.8, 4) is 28.8 Å². The van der Waals surface area contributed by atoms with Crippen molar-refractivity contribution >= 4 is 11.9 Å². The van der Waals surface area contributed by atoms with Gasteiger partial charge in [0.2, 0.25) is 0 Å². The third-order valence-electron chi connectivity index (χ3n) is 3.95. The molecule has 3 N–H and O–H groups in total. The molecule has 3 rings (SSSR count). The summed E-state index contributed by atoms with van der Waals surface area (Å²) in [6.45, 7) is 6.55. The second kappa shape index (κ2) is 7.16. The Balaban J connectivity index is 1.69. The number of carbonyl (C=O) groups excluding carboxylic acids is 1. The average molecular weight is 366 g/mol. The normalized spacial score (nSPS) is 14.1. The van der Waals surface area contributed by atoms with Gasteiger partial charge in [0.25, 0.3) is 0 Å². The zero-order valence-corrected chi connectivity index (χ0v) is 15.6. The van der Waals surface area contributed by atoms with E-state index in [2.05, 4.69) is 22.0 Å². The largest absolute Gasteiger partial charge is 0.507 e. The summed E-state index contributed by atoms with van der Waals surface area (Å²) in [5.74, 6) is 6.52. The summed E-state index contributed by atoms with van der Waals surface area (Å²) in [6, 6.07) is 8.57. The van der Waals surface area contributed by atoms with E-state index in [0.29, 0.717) is 29.9 Å². The zero-order valence-electron chi connectivity index (χ0n) is 15.6. The van der Waals surface area contributed by atoms with Crippen molar-refractivity contribution in [1.82, 2.24) is 15.1 Å². The van der Waals surface area contributed by atoms with Crippen LogP contribution < -0.4 is 5.73 Å². The minimum atomic E-state index is -0.510. The number of para-hydroxylation sites is 1. The van der Waals surface area contributed by atoms with Gasteiger partial charge in [-0.15, -0.1) is 10.2 Å². The van der Waals surface area contributed by atoms with Crippen LogP contribution in [0, 0.1) is 17.8 Å². The molecule has 0 bridgehead atoms. The molecule has 27 heavy (non-hydrogen) atoms.